The third kappa shape index (κ3) is 6.82. The molecule has 0 aliphatic heterocycles. The van der Waals surface area contributed by atoms with E-state index in [2.05, 4.69) is 27.9 Å². The maximum Gasteiger partial charge on any atom is 0.269 e. The Balaban J connectivity index is 1.82. The zero-order valence-corrected chi connectivity index (χ0v) is 22.2. The molecule has 0 bridgehead atoms. The van der Waals surface area contributed by atoms with Crippen LogP contribution in [0.1, 0.15) is 29.2 Å². The zero-order valence-electron chi connectivity index (χ0n) is 20.0. The van der Waals surface area contributed by atoms with Crippen molar-refractivity contribution in [1.29, 1.82) is 5.26 Å². The minimum absolute atomic E-state index is 0.00863. The number of aryl methyl sites for hydroxylation is 2. The maximum atomic E-state index is 12.7. The summed E-state index contributed by atoms with van der Waals surface area (Å²) in [5.74, 6) is 0.461. The number of ether oxygens (including phenoxy) is 2. The molecule has 8 nitrogen and oxygen atoms in total. The molecule has 9 heteroatoms. The van der Waals surface area contributed by atoms with Gasteiger partial charge in [-0.3, -0.25) is 14.9 Å². The average Bonchev–Trinajstić information content (AvgIpc) is 2.84. The number of amides is 1. The number of nitro benzene ring substituents is 1. The van der Waals surface area contributed by atoms with Crippen molar-refractivity contribution in [3.63, 3.8) is 0 Å². The van der Waals surface area contributed by atoms with Gasteiger partial charge in [-0.25, -0.2) is 0 Å². The highest BCUT2D eigenvalue weighted by molar-refractivity contribution is 14.1. The Bertz CT molecular complexity index is 1360. The van der Waals surface area contributed by atoms with E-state index >= 15 is 0 Å². The van der Waals surface area contributed by atoms with E-state index in [-0.39, 0.29) is 17.9 Å². The van der Waals surface area contributed by atoms with Gasteiger partial charge in [-0.2, -0.15) is 5.26 Å². The van der Waals surface area contributed by atoms with Gasteiger partial charge in [0.2, 0.25) is 0 Å². The molecule has 0 aliphatic carbocycles. The van der Waals surface area contributed by atoms with Crippen molar-refractivity contribution in [1.82, 2.24) is 0 Å². The summed E-state index contributed by atoms with van der Waals surface area (Å²) in [5, 5.41) is 23.2. The van der Waals surface area contributed by atoms with Crippen molar-refractivity contribution in [2.24, 2.45) is 0 Å². The van der Waals surface area contributed by atoms with Crippen molar-refractivity contribution in [2.75, 3.05) is 11.9 Å². The molecule has 0 atom stereocenters. The Morgan fingerprint density at radius 2 is 1.83 bits per heavy atom. The summed E-state index contributed by atoms with van der Waals surface area (Å²) >= 11 is 2.10. The number of halogens is 1. The molecule has 1 amide bonds. The fourth-order valence-corrected chi connectivity index (χ4v) is 4.06. The van der Waals surface area contributed by atoms with E-state index in [1.54, 1.807) is 30.3 Å². The summed E-state index contributed by atoms with van der Waals surface area (Å²) in [4.78, 5) is 23.1. The number of benzene rings is 3. The molecular weight excluding hydrogens is 573 g/mol. The molecule has 3 aromatic carbocycles. The van der Waals surface area contributed by atoms with Gasteiger partial charge in [0.25, 0.3) is 11.6 Å². The Morgan fingerprint density at radius 1 is 1.11 bits per heavy atom. The first-order valence-electron chi connectivity index (χ1n) is 11.0. The SMILES string of the molecule is CCOc1cc(/C=C(\C#N)C(=O)Nc2ccc(C)c(C)c2)cc(I)c1OCc1ccc([N+](=O)[O-])cc1. The lowest BCUT2D eigenvalue weighted by Gasteiger charge is -2.15. The lowest BCUT2D eigenvalue weighted by Crippen LogP contribution is -2.13. The van der Waals surface area contributed by atoms with Crippen molar-refractivity contribution < 1.29 is 19.2 Å². The van der Waals surface area contributed by atoms with Crippen LogP contribution in [-0.4, -0.2) is 17.4 Å². The molecule has 0 unspecified atom stereocenters. The number of carbonyl (C=O) groups excluding carboxylic acids is 1. The van der Waals surface area contributed by atoms with E-state index in [0.29, 0.717) is 29.4 Å². The van der Waals surface area contributed by atoms with Crippen LogP contribution < -0.4 is 14.8 Å². The molecular formula is C27H24IN3O5. The summed E-state index contributed by atoms with van der Waals surface area (Å²) in [6, 6.07) is 17.1. The molecule has 0 aliphatic rings. The minimum atomic E-state index is -0.507. The molecule has 36 heavy (non-hydrogen) atoms. The third-order valence-electron chi connectivity index (χ3n) is 5.30. The summed E-state index contributed by atoms with van der Waals surface area (Å²) < 4.78 is 12.5. The van der Waals surface area contributed by atoms with Crippen molar-refractivity contribution >= 4 is 45.9 Å². The quantitative estimate of drug-likeness (QED) is 0.101. The highest BCUT2D eigenvalue weighted by Gasteiger charge is 2.15. The second kappa shape index (κ2) is 12.2. The maximum absolute atomic E-state index is 12.7. The number of nitrogens with one attached hydrogen (secondary N) is 1. The monoisotopic (exact) mass is 597 g/mol. The molecule has 0 radical (unpaired) electrons. The van der Waals surface area contributed by atoms with E-state index in [1.807, 2.05) is 39.0 Å². The van der Waals surface area contributed by atoms with Crippen LogP contribution >= 0.6 is 22.6 Å². The Kier molecular flexibility index (Phi) is 9.02. The fraction of sp³-hybridized carbons (Fsp3) is 0.185. The molecule has 3 rings (SSSR count). The van der Waals surface area contributed by atoms with Crippen LogP contribution in [0.25, 0.3) is 6.08 Å². The van der Waals surface area contributed by atoms with E-state index < -0.39 is 10.8 Å². The van der Waals surface area contributed by atoms with Crippen LogP contribution in [0.2, 0.25) is 0 Å². The van der Waals surface area contributed by atoms with Crippen LogP contribution in [0.4, 0.5) is 11.4 Å². The van der Waals surface area contributed by atoms with E-state index in [9.17, 15) is 20.2 Å². The predicted octanol–water partition coefficient (Wildman–Crippen LogP) is 6.34. The molecule has 0 aromatic heterocycles. The van der Waals surface area contributed by atoms with Crippen LogP contribution in [0.15, 0.2) is 60.2 Å². The molecule has 0 heterocycles. The lowest BCUT2D eigenvalue weighted by atomic mass is 10.1. The summed E-state index contributed by atoms with van der Waals surface area (Å²) in [5.41, 5.74) is 4.09. The van der Waals surface area contributed by atoms with Crippen LogP contribution in [-0.2, 0) is 11.4 Å². The number of nitro groups is 1. The summed E-state index contributed by atoms with van der Waals surface area (Å²) in [6.07, 6.45) is 1.50. The van der Waals surface area contributed by atoms with E-state index in [1.165, 1.54) is 18.2 Å². The average molecular weight is 597 g/mol. The van der Waals surface area contributed by atoms with Gasteiger partial charge in [0.05, 0.1) is 15.1 Å². The highest BCUT2D eigenvalue weighted by Crippen LogP contribution is 2.35. The van der Waals surface area contributed by atoms with Crippen molar-refractivity contribution in [2.45, 2.75) is 27.4 Å². The van der Waals surface area contributed by atoms with Gasteiger partial charge < -0.3 is 14.8 Å². The zero-order chi connectivity index (χ0) is 26.2. The van der Waals surface area contributed by atoms with Crippen LogP contribution in [0.3, 0.4) is 0 Å². The molecule has 0 fully saturated rings. The fourth-order valence-electron chi connectivity index (χ4n) is 3.28. The largest absolute Gasteiger partial charge is 0.490 e. The second-order valence-electron chi connectivity index (χ2n) is 7.90. The number of hydrogen-bond donors (Lipinski definition) is 1. The number of nitrogens with zero attached hydrogens (tertiary/aromatic N) is 2. The minimum Gasteiger partial charge on any atom is -0.490 e. The highest BCUT2D eigenvalue weighted by atomic mass is 127. The summed E-state index contributed by atoms with van der Waals surface area (Å²) in [6.45, 7) is 6.35. The van der Waals surface area contributed by atoms with Gasteiger partial charge >= 0.3 is 0 Å². The Hall–Kier alpha value is -3.91. The van der Waals surface area contributed by atoms with Gasteiger partial charge in [-0.15, -0.1) is 0 Å². The molecule has 1 N–H and O–H groups in total. The van der Waals surface area contributed by atoms with Gasteiger partial charge in [-0.1, -0.05) is 6.07 Å². The Morgan fingerprint density at radius 3 is 2.44 bits per heavy atom. The van der Waals surface area contributed by atoms with Gasteiger partial charge in [0, 0.05) is 17.8 Å². The lowest BCUT2D eigenvalue weighted by molar-refractivity contribution is -0.384. The first-order chi connectivity index (χ1) is 17.2. The van der Waals surface area contributed by atoms with Crippen molar-refractivity contribution in [3.8, 4) is 17.6 Å². The molecule has 184 valence electrons. The van der Waals surface area contributed by atoms with Gasteiger partial charge in [0.15, 0.2) is 11.5 Å². The second-order valence-corrected chi connectivity index (χ2v) is 9.06. The number of rotatable bonds is 9. The summed E-state index contributed by atoms with van der Waals surface area (Å²) in [7, 11) is 0. The van der Waals surface area contributed by atoms with Crippen molar-refractivity contribution in [3.05, 3.63) is 96.1 Å². The van der Waals surface area contributed by atoms with Gasteiger partial charge in [-0.05, 0) is 108 Å². The van der Waals surface area contributed by atoms with Gasteiger partial charge in [0.1, 0.15) is 18.2 Å². The first kappa shape index (κ1) is 26.7. The molecule has 0 saturated carbocycles. The first-order valence-corrected chi connectivity index (χ1v) is 12.1. The van der Waals surface area contributed by atoms with E-state index in [0.717, 1.165) is 20.3 Å². The molecule has 0 saturated heterocycles. The normalized spacial score (nSPS) is 10.9. The number of non-ortho nitro benzene ring substituents is 1. The van der Waals surface area contributed by atoms with E-state index in [4.69, 9.17) is 9.47 Å². The standard InChI is InChI=1S/C27H24IN3O5/c1-4-35-25-14-20(12-21(15-29)27(32)30-22-8-5-17(2)18(3)11-22)13-24(28)26(25)36-16-19-6-9-23(10-7-19)31(33)34/h5-14H,4,16H2,1-3H3,(H,30,32)/b21-12+. The van der Waals surface area contributed by atoms with Crippen LogP contribution in [0, 0.1) is 38.9 Å². The number of carbonyl (C=O) groups is 1. The topological polar surface area (TPSA) is 114 Å². The number of nitriles is 1. The molecule has 3 aromatic rings. The Labute approximate surface area is 222 Å². The number of anilines is 1. The molecule has 0 spiro atoms. The number of hydrogen-bond acceptors (Lipinski definition) is 6. The van der Waals surface area contributed by atoms with Crippen LogP contribution in [0.5, 0.6) is 11.5 Å². The predicted molar refractivity (Wildman–Crippen MR) is 146 cm³/mol. The smallest absolute Gasteiger partial charge is 0.269 e. The third-order valence-corrected chi connectivity index (χ3v) is 6.10.